The second-order valence-electron chi connectivity index (χ2n) is 4.67. The van der Waals surface area contributed by atoms with Crippen LogP contribution in [0.25, 0.3) is 22.2 Å². The normalized spacial score (nSPS) is 10.8. The van der Waals surface area contributed by atoms with Gasteiger partial charge in [-0.25, -0.2) is 4.98 Å². The number of pyridine rings is 2. The minimum Gasteiger partial charge on any atom is -0.316 e. The van der Waals surface area contributed by atoms with Crippen molar-refractivity contribution in [3.63, 3.8) is 0 Å². The zero-order valence-electron chi connectivity index (χ0n) is 11.2. The Balaban J connectivity index is 2.11. The van der Waals surface area contributed by atoms with Crippen LogP contribution in [0.1, 0.15) is 5.56 Å². The summed E-state index contributed by atoms with van der Waals surface area (Å²) in [5, 5.41) is 4.08. The molecular formula is C16H15N3O. The van der Waals surface area contributed by atoms with Gasteiger partial charge in [0.15, 0.2) is 0 Å². The summed E-state index contributed by atoms with van der Waals surface area (Å²) >= 11 is 0. The number of fused-ring (bicyclic) bond motifs is 1. The van der Waals surface area contributed by atoms with Crippen LogP contribution in [0, 0.1) is 0 Å². The van der Waals surface area contributed by atoms with Crippen LogP contribution in [-0.4, -0.2) is 17.0 Å². The SMILES string of the molecule is CNCc1ccc(-c2ccnc3[nH]c(=O)ccc23)cc1. The summed E-state index contributed by atoms with van der Waals surface area (Å²) in [6.45, 7) is 0.852. The van der Waals surface area contributed by atoms with Crippen molar-refractivity contribution in [3.05, 3.63) is 64.6 Å². The Hall–Kier alpha value is -2.46. The molecule has 0 fully saturated rings. The van der Waals surface area contributed by atoms with Crippen LogP contribution in [0.5, 0.6) is 0 Å². The van der Waals surface area contributed by atoms with Crippen molar-refractivity contribution in [2.75, 3.05) is 7.05 Å². The highest BCUT2D eigenvalue weighted by molar-refractivity contribution is 5.92. The maximum atomic E-state index is 11.3. The van der Waals surface area contributed by atoms with Gasteiger partial charge in [0, 0.05) is 24.2 Å². The van der Waals surface area contributed by atoms with Gasteiger partial charge in [-0.2, -0.15) is 0 Å². The van der Waals surface area contributed by atoms with Gasteiger partial charge in [-0.05, 0) is 35.9 Å². The van der Waals surface area contributed by atoms with E-state index in [2.05, 4.69) is 39.6 Å². The van der Waals surface area contributed by atoms with E-state index in [0.717, 1.165) is 23.1 Å². The van der Waals surface area contributed by atoms with Crippen LogP contribution >= 0.6 is 0 Å². The van der Waals surface area contributed by atoms with Crippen molar-refractivity contribution in [1.29, 1.82) is 0 Å². The molecule has 1 aromatic carbocycles. The van der Waals surface area contributed by atoms with Crippen molar-refractivity contribution in [1.82, 2.24) is 15.3 Å². The monoisotopic (exact) mass is 265 g/mol. The van der Waals surface area contributed by atoms with Gasteiger partial charge in [-0.3, -0.25) is 4.79 Å². The summed E-state index contributed by atoms with van der Waals surface area (Å²) in [5.74, 6) is 0. The predicted molar refractivity (Wildman–Crippen MR) is 80.6 cm³/mol. The number of rotatable bonds is 3. The molecule has 2 N–H and O–H groups in total. The third kappa shape index (κ3) is 2.33. The molecule has 3 aromatic rings. The summed E-state index contributed by atoms with van der Waals surface area (Å²) in [7, 11) is 1.93. The van der Waals surface area contributed by atoms with E-state index in [1.165, 1.54) is 11.6 Å². The smallest absolute Gasteiger partial charge is 0.249 e. The van der Waals surface area contributed by atoms with Crippen molar-refractivity contribution in [2.45, 2.75) is 6.54 Å². The van der Waals surface area contributed by atoms with E-state index in [-0.39, 0.29) is 5.56 Å². The number of hydrogen-bond acceptors (Lipinski definition) is 3. The molecule has 0 spiro atoms. The first-order chi connectivity index (χ1) is 9.78. The molecule has 3 rings (SSSR count). The molecule has 2 heterocycles. The van der Waals surface area contributed by atoms with E-state index >= 15 is 0 Å². The number of H-pyrrole nitrogens is 1. The van der Waals surface area contributed by atoms with Gasteiger partial charge in [0.05, 0.1) is 0 Å². The van der Waals surface area contributed by atoms with Crippen molar-refractivity contribution < 1.29 is 0 Å². The first kappa shape index (κ1) is 12.6. The minimum absolute atomic E-state index is 0.133. The van der Waals surface area contributed by atoms with Gasteiger partial charge in [0.1, 0.15) is 5.65 Å². The first-order valence-electron chi connectivity index (χ1n) is 6.50. The average Bonchev–Trinajstić information content (AvgIpc) is 2.47. The van der Waals surface area contributed by atoms with E-state index in [0.29, 0.717) is 5.65 Å². The minimum atomic E-state index is -0.133. The highest BCUT2D eigenvalue weighted by Gasteiger charge is 2.05. The molecule has 0 bridgehead atoms. The molecule has 0 saturated carbocycles. The number of nitrogens with one attached hydrogen (secondary N) is 2. The Morgan fingerprint density at radius 3 is 2.65 bits per heavy atom. The fourth-order valence-corrected chi connectivity index (χ4v) is 2.32. The largest absolute Gasteiger partial charge is 0.316 e. The van der Waals surface area contributed by atoms with Gasteiger partial charge in [0.25, 0.3) is 0 Å². The number of nitrogens with zero attached hydrogens (tertiary/aromatic N) is 1. The quantitative estimate of drug-likeness (QED) is 0.764. The van der Waals surface area contributed by atoms with Gasteiger partial charge in [-0.15, -0.1) is 0 Å². The van der Waals surface area contributed by atoms with Crippen LogP contribution < -0.4 is 10.9 Å². The molecule has 100 valence electrons. The highest BCUT2D eigenvalue weighted by Crippen LogP contribution is 2.26. The number of benzene rings is 1. The fourth-order valence-electron chi connectivity index (χ4n) is 2.32. The Labute approximate surface area is 116 Å². The maximum absolute atomic E-state index is 11.3. The van der Waals surface area contributed by atoms with E-state index in [9.17, 15) is 4.79 Å². The predicted octanol–water partition coefficient (Wildman–Crippen LogP) is 2.31. The summed E-state index contributed by atoms with van der Waals surface area (Å²) in [6, 6.07) is 13.7. The first-order valence-corrected chi connectivity index (χ1v) is 6.50. The summed E-state index contributed by atoms with van der Waals surface area (Å²) in [4.78, 5) is 18.3. The molecule has 4 heteroatoms. The summed E-state index contributed by atoms with van der Waals surface area (Å²) in [5.41, 5.74) is 3.91. The second kappa shape index (κ2) is 5.27. The van der Waals surface area contributed by atoms with Gasteiger partial charge >= 0.3 is 0 Å². The van der Waals surface area contributed by atoms with Crippen molar-refractivity contribution in [3.8, 4) is 11.1 Å². The van der Waals surface area contributed by atoms with E-state index in [4.69, 9.17) is 0 Å². The summed E-state index contributed by atoms with van der Waals surface area (Å²) in [6.07, 6.45) is 1.72. The van der Waals surface area contributed by atoms with Crippen LogP contribution in [0.15, 0.2) is 53.5 Å². The molecule has 0 amide bonds. The Bertz CT molecular complexity index is 791. The number of hydrogen-bond donors (Lipinski definition) is 2. The third-order valence-electron chi connectivity index (χ3n) is 3.28. The van der Waals surface area contributed by atoms with Crippen LogP contribution in [-0.2, 0) is 6.54 Å². The average molecular weight is 265 g/mol. The Kier molecular flexibility index (Phi) is 3.31. The van der Waals surface area contributed by atoms with E-state index in [1.54, 1.807) is 6.20 Å². The zero-order valence-corrected chi connectivity index (χ0v) is 11.2. The van der Waals surface area contributed by atoms with Crippen LogP contribution in [0.2, 0.25) is 0 Å². The molecule has 0 aliphatic heterocycles. The van der Waals surface area contributed by atoms with Crippen molar-refractivity contribution >= 4 is 11.0 Å². The lowest BCUT2D eigenvalue weighted by molar-refractivity contribution is 0.818. The topological polar surface area (TPSA) is 57.8 Å². The highest BCUT2D eigenvalue weighted by atomic mass is 16.1. The van der Waals surface area contributed by atoms with Gasteiger partial charge in [-0.1, -0.05) is 24.3 Å². The lowest BCUT2D eigenvalue weighted by atomic mass is 10.0. The van der Waals surface area contributed by atoms with Gasteiger partial charge < -0.3 is 10.3 Å². The Morgan fingerprint density at radius 2 is 1.90 bits per heavy atom. The van der Waals surface area contributed by atoms with Crippen LogP contribution in [0.4, 0.5) is 0 Å². The molecule has 0 atom stereocenters. The molecule has 0 unspecified atom stereocenters. The number of aromatic nitrogens is 2. The number of aromatic amines is 1. The standard InChI is InChI=1S/C16H15N3O/c1-17-10-11-2-4-12(5-3-11)13-8-9-18-16-14(13)6-7-15(20)19-16/h2-9,17H,10H2,1H3,(H,18,19,20). The molecule has 0 radical (unpaired) electrons. The van der Waals surface area contributed by atoms with Crippen molar-refractivity contribution in [2.24, 2.45) is 0 Å². The van der Waals surface area contributed by atoms with E-state index in [1.807, 2.05) is 19.2 Å². The molecule has 2 aromatic heterocycles. The van der Waals surface area contributed by atoms with E-state index < -0.39 is 0 Å². The molecule has 0 aliphatic rings. The Morgan fingerprint density at radius 1 is 1.10 bits per heavy atom. The fraction of sp³-hybridized carbons (Fsp3) is 0.125. The molecule has 4 nitrogen and oxygen atoms in total. The third-order valence-corrected chi connectivity index (χ3v) is 3.28. The van der Waals surface area contributed by atoms with Crippen LogP contribution in [0.3, 0.4) is 0 Å². The second-order valence-corrected chi connectivity index (χ2v) is 4.67. The molecule has 0 saturated heterocycles. The lowest BCUT2D eigenvalue weighted by Gasteiger charge is -2.07. The van der Waals surface area contributed by atoms with Gasteiger partial charge in [0.2, 0.25) is 5.56 Å². The molecule has 20 heavy (non-hydrogen) atoms. The maximum Gasteiger partial charge on any atom is 0.249 e. The molecular weight excluding hydrogens is 250 g/mol. The lowest BCUT2D eigenvalue weighted by Crippen LogP contribution is -2.05. The summed E-state index contributed by atoms with van der Waals surface area (Å²) < 4.78 is 0. The molecule has 0 aliphatic carbocycles. The zero-order chi connectivity index (χ0) is 13.9.